The Kier molecular flexibility index (Phi) is 6.23. The quantitative estimate of drug-likeness (QED) is 0.534. The maximum Gasteiger partial charge on any atom is 0.276 e. The predicted molar refractivity (Wildman–Crippen MR) is 51.5 cm³/mol. The Morgan fingerprint density at radius 2 is 1.92 bits per heavy atom. The molecule has 0 aliphatic rings. The molecule has 6 heteroatoms. The van der Waals surface area contributed by atoms with Crippen LogP contribution in [0.1, 0.15) is 26.7 Å². The van der Waals surface area contributed by atoms with Gasteiger partial charge in [-0.05, 0) is 12.8 Å². The summed E-state index contributed by atoms with van der Waals surface area (Å²) in [5.74, 6) is 0. The molecule has 0 radical (unpaired) electrons. The van der Waals surface area contributed by atoms with Gasteiger partial charge in [0.2, 0.25) is 0 Å². The zero-order valence-electron chi connectivity index (χ0n) is 8.08. The number of hydrogen-bond acceptors (Lipinski definition) is 3. The molecular weight excluding hydrogens is 192 g/mol. The maximum atomic E-state index is 11.0. The van der Waals surface area contributed by atoms with E-state index in [0.717, 1.165) is 0 Å². The van der Waals surface area contributed by atoms with Crippen LogP contribution in [0.2, 0.25) is 0 Å². The SMILES string of the molecule is CCNS(=O)(=O)NCCC(O)CC. The summed E-state index contributed by atoms with van der Waals surface area (Å²) < 4.78 is 26.6. The van der Waals surface area contributed by atoms with E-state index >= 15 is 0 Å². The summed E-state index contributed by atoms with van der Waals surface area (Å²) in [7, 11) is -3.35. The monoisotopic (exact) mass is 210 g/mol. The van der Waals surface area contributed by atoms with E-state index in [9.17, 15) is 8.42 Å². The third-order valence-electron chi connectivity index (χ3n) is 1.58. The third-order valence-corrected chi connectivity index (χ3v) is 2.83. The van der Waals surface area contributed by atoms with Crippen LogP contribution in [0.5, 0.6) is 0 Å². The number of aliphatic hydroxyl groups excluding tert-OH is 1. The molecule has 0 fully saturated rings. The lowest BCUT2D eigenvalue weighted by Gasteiger charge is -2.09. The minimum atomic E-state index is -3.35. The summed E-state index contributed by atoms with van der Waals surface area (Å²) in [6.07, 6.45) is 0.661. The largest absolute Gasteiger partial charge is 0.393 e. The van der Waals surface area contributed by atoms with Gasteiger partial charge in [0.15, 0.2) is 0 Å². The van der Waals surface area contributed by atoms with Gasteiger partial charge in [-0.25, -0.2) is 9.44 Å². The first-order valence-electron chi connectivity index (χ1n) is 4.44. The molecule has 0 saturated carbocycles. The lowest BCUT2D eigenvalue weighted by molar-refractivity contribution is 0.162. The number of aliphatic hydroxyl groups is 1. The fourth-order valence-corrected chi connectivity index (χ4v) is 1.67. The molecule has 5 nitrogen and oxygen atoms in total. The Balaban J connectivity index is 3.64. The van der Waals surface area contributed by atoms with Crippen molar-refractivity contribution < 1.29 is 13.5 Å². The van der Waals surface area contributed by atoms with E-state index in [-0.39, 0.29) is 6.54 Å². The number of hydrogen-bond donors (Lipinski definition) is 3. The molecule has 0 spiro atoms. The molecule has 0 aromatic rings. The van der Waals surface area contributed by atoms with Crippen LogP contribution in [-0.2, 0) is 10.2 Å². The van der Waals surface area contributed by atoms with Crippen molar-refractivity contribution >= 4 is 10.2 Å². The lowest BCUT2D eigenvalue weighted by atomic mass is 10.2. The topological polar surface area (TPSA) is 78.4 Å². The van der Waals surface area contributed by atoms with Crippen LogP contribution in [0.25, 0.3) is 0 Å². The number of rotatable bonds is 7. The number of nitrogens with one attached hydrogen (secondary N) is 2. The van der Waals surface area contributed by atoms with Crippen molar-refractivity contribution in [1.82, 2.24) is 9.44 Å². The standard InChI is InChI=1S/C7H18N2O3S/c1-3-7(10)5-6-9-13(11,12)8-4-2/h7-10H,3-6H2,1-2H3. The van der Waals surface area contributed by atoms with Crippen LogP contribution in [-0.4, -0.2) is 32.7 Å². The first-order valence-corrected chi connectivity index (χ1v) is 5.92. The van der Waals surface area contributed by atoms with Gasteiger partial charge in [-0.15, -0.1) is 0 Å². The van der Waals surface area contributed by atoms with Crippen molar-refractivity contribution in [3.8, 4) is 0 Å². The normalized spacial score (nSPS) is 14.4. The predicted octanol–water partition coefficient (Wildman–Crippen LogP) is -0.409. The molecule has 13 heavy (non-hydrogen) atoms. The highest BCUT2D eigenvalue weighted by Gasteiger charge is 2.07. The Morgan fingerprint density at radius 1 is 1.31 bits per heavy atom. The summed E-state index contributed by atoms with van der Waals surface area (Å²) in [6, 6.07) is 0. The Labute approximate surface area is 79.7 Å². The van der Waals surface area contributed by atoms with Crippen molar-refractivity contribution in [2.24, 2.45) is 0 Å². The van der Waals surface area contributed by atoms with Crippen molar-refractivity contribution in [2.45, 2.75) is 32.8 Å². The Hall–Kier alpha value is -0.170. The van der Waals surface area contributed by atoms with Crippen molar-refractivity contribution in [1.29, 1.82) is 0 Å². The van der Waals surface area contributed by atoms with Crippen LogP contribution in [0.15, 0.2) is 0 Å². The minimum absolute atomic E-state index is 0.268. The molecule has 1 atom stereocenters. The van der Waals surface area contributed by atoms with E-state index in [1.54, 1.807) is 6.92 Å². The Bertz CT molecular complexity index is 216. The molecule has 0 amide bonds. The summed E-state index contributed by atoms with van der Waals surface area (Å²) in [4.78, 5) is 0. The zero-order chi connectivity index (χ0) is 10.3. The summed E-state index contributed by atoms with van der Waals surface area (Å²) >= 11 is 0. The fourth-order valence-electron chi connectivity index (χ4n) is 0.805. The molecular formula is C7H18N2O3S. The van der Waals surface area contributed by atoms with Crippen LogP contribution < -0.4 is 9.44 Å². The van der Waals surface area contributed by atoms with E-state index in [4.69, 9.17) is 5.11 Å². The highest BCUT2D eigenvalue weighted by Crippen LogP contribution is 1.94. The first kappa shape index (κ1) is 12.8. The van der Waals surface area contributed by atoms with Crippen LogP contribution >= 0.6 is 0 Å². The molecule has 0 aromatic heterocycles. The van der Waals surface area contributed by atoms with E-state index in [0.29, 0.717) is 19.4 Å². The molecule has 0 bridgehead atoms. The molecule has 0 aromatic carbocycles. The van der Waals surface area contributed by atoms with Crippen molar-refractivity contribution in [2.75, 3.05) is 13.1 Å². The highest BCUT2D eigenvalue weighted by atomic mass is 32.2. The fraction of sp³-hybridized carbons (Fsp3) is 1.00. The van der Waals surface area contributed by atoms with Crippen LogP contribution in [0.4, 0.5) is 0 Å². The van der Waals surface area contributed by atoms with Crippen molar-refractivity contribution in [3.05, 3.63) is 0 Å². The van der Waals surface area contributed by atoms with E-state index < -0.39 is 16.3 Å². The second-order valence-corrected chi connectivity index (χ2v) is 4.33. The summed E-state index contributed by atoms with van der Waals surface area (Å²) in [5.41, 5.74) is 0. The highest BCUT2D eigenvalue weighted by molar-refractivity contribution is 7.87. The van der Waals surface area contributed by atoms with Gasteiger partial charge >= 0.3 is 0 Å². The van der Waals surface area contributed by atoms with E-state index in [2.05, 4.69) is 9.44 Å². The lowest BCUT2D eigenvalue weighted by Crippen LogP contribution is -2.37. The average molecular weight is 210 g/mol. The molecule has 0 aliphatic carbocycles. The van der Waals surface area contributed by atoms with Gasteiger partial charge in [0.05, 0.1) is 6.10 Å². The molecule has 0 rings (SSSR count). The molecule has 0 saturated heterocycles. The van der Waals surface area contributed by atoms with Gasteiger partial charge in [-0.2, -0.15) is 8.42 Å². The van der Waals surface area contributed by atoms with Gasteiger partial charge < -0.3 is 5.11 Å². The van der Waals surface area contributed by atoms with Crippen molar-refractivity contribution in [3.63, 3.8) is 0 Å². The van der Waals surface area contributed by atoms with Gasteiger partial charge in [0, 0.05) is 13.1 Å². The second-order valence-electron chi connectivity index (χ2n) is 2.75. The molecule has 80 valence electrons. The summed E-state index contributed by atoms with van der Waals surface area (Å²) in [6.45, 7) is 4.19. The Morgan fingerprint density at radius 3 is 2.38 bits per heavy atom. The van der Waals surface area contributed by atoms with E-state index in [1.807, 2.05) is 6.92 Å². The van der Waals surface area contributed by atoms with Crippen LogP contribution in [0.3, 0.4) is 0 Å². The minimum Gasteiger partial charge on any atom is -0.393 e. The second kappa shape index (κ2) is 6.31. The molecule has 0 heterocycles. The van der Waals surface area contributed by atoms with Gasteiger partial charge in [-0.3, -0.25) is 0 Å². The smallest absolute Gasteiger partial charge is 0.276 e. The van der Waals surface area contributed by atoms with Gasteiger partial charge in [0.1, 0.15) is 0 Å². The molecule has 1 unspecified atom stereocenters. The maximum absolute atomic E-state index is 11.0. The first-order chi connectivity index (χ1) is 6.02. The van der Waals surface area contributed by atoms with E-state index in [1.165, 1.54) is 0 Å². The molecule has 0 aliphatic heterocycles. The van der Waals surface area contributed by atoms with Crippen LogP contribution in [0, 0.1) is 0 Å². The van der Waals surface area contributed by atoms with Gasteiger partial charge in [-0.1, -0.05) is 13.8 Å². The zero-order valence-corrected chi connectivity index (χ0v) is 8.89. The molecule has 3 N–H and O–H groups in total. The third kappa shape index (κ3) is 6.94. The summed E-state index contributed by atoms with van der Waals surface area (Å²) in [5, 5.41) is 9.13. The average Bonchev–Trinajstić information content (AvgIpc) is 2.03. The van der Waals surface area contributed by atoms with Gasteiger partial charge in [0.25, 0.3) is 10.2 Å².